The minimum Gasteiger partial charge on any atom is -0.455 e. The van der Waals surface area contributed by atoms with Crippen molar-refractivity contribution in [3.05, 3.63) is 58.6 Å². The minimum atomic E-state index is -1.47. The van der Waals surface area contributed by atoms with E-state index in [1.54, 1.807) is 11.0 Å². The summed E-state index contributed by atoms with van der Waals surface area (Å²) in [5.74, 6) is -3.81. The van der Waals surface area contributed by atoms with Gasteiger partial charge in [0.25, 0.3) is 0 Å². The molecule has 1 spiro atoms. The summed E-state index contributed by atoms with van der Waals surface area (Å²) >= 11 is 3.63. The molecule has 0 aliphatic carbocycles. The number of aliphatic hydroxyl groups excluding tert-OH is 1. The van der Waals surface area contributed by atoms with Gasteiger partial charge in [-0.2, -0.15) is 0 Å². The van der Waals surface area contributed by atoms with Crippen molar-refractivity contribution in [2.24, 2.45) is 23.2 Å². The molecule has 11 heteroatoms. The Labute approximate surface area is 298 Å². The molecule has 8 atom stereocenters. The molecule has 4 aliphatic rings. The van der Waals surface area contributed by atoms with Crippen LogP contribution in [0.4, 0.5) is 0 Å². The molecular formula is C38H52BrN3O7. The summed E-state index contributed by atoms with van der Waals surface area (Å²) in [6.45, 7) is 14.3. The maximum Gasteiger partial charge on any atom is 0.313 e. The molecule has 5 bridgehead atoms. The smallest absolute Gasteiger partial charge is 0.313 e. The number of hydrogen-bond acceptors (Lipinski definition) is 7. The molecule has 0 aromatic heterocycles. The van der Waals surface area contributed by atoms with Crippen molar-refractivity contribution in [1.82, 2.24) is 15.1 Å². The molecule has 4 aliphatic heterocycles. The Morgan fingerprint density at radius 3 is 2.39 bits per heavy atom. The van der Waals surface area contributed by atoms with Gasteiger partial charge in [0.1, 0.15) is 29.8 Å². The summed E-state index contributed by atoms with van der Waals surface area (Å²) in [5, 5.41) is 13.7. The van der Waals surface area contributed by atoms with Gasteiger partial charge >= 0.3 is 5.97 Å². The fraction of sp³-hybridized carbons (Fsp3) is 0.632. The number of cyclic esters (lactones) is 1. The number of carbonyl (C=O) groups is 4. The van der Waals surface area contributed by atoms with E-state index in [0.29, 0.717) is 29.3 Å². The Kier molecular flexibility index (Phi) is 10.9. The zero-order valence-corrected chi connectivity index (χ0v) is 31.4. The van der Waals surface area contributed by atoms with Crippen LogP contribution in [-0.2, 0) is 28.7 Å². The summed E-state index contributed by atoms with van der Waals surface area (Å²) in [6.07, 6.45) is 5.95. The number of allylic oxidation sites excluding steroid dienone is 1. The normalized spacial score (nSPS) is 31.6. The van der Waals surface area contributed by atoms with E-state index >= 15 is 4.79 Å². The highest BCUT2D eigenvalue weighted by atomic mass is 79.9. The van der Waals surface area contributed by atoms with Crippen LogP contribution in [0.25, 0.3) is 0 Å². The number of nitrogens with zero attached hydrogens (tertiary/aromatic N) is 2. The number of halogens is 1. The predicted molar refractivity (Wildman–Crippen MR) is 189 cm³/mol. The molecular weight excluding hydrogens is 690 g/mol. The standard InChI is InChI=1S/C38H52BrN3O7/c1-8-23(2)26(21-43)42-32-34(46)41(37(6,7)22-36(3,4)5)18-14-10-13-17-28(44)40-20-27(24-15-11-9-12-16-24)48-35(47)29-30(33(42)45)38(32)19-25(39)31(29)49-38/h9-12,14-16,19,23,26-27,29-32,43H,8,13,17-18,20-22H2,1-7H3,(H,40,44)/b14-10-/t23-,26-,27-,29-,30+,31-,32-,38+/m0/s1. The number of aliphatic hydroxyl groups is 1. The van der Waals surface area contributed by atoms with Gasteiger partial charge in [0.15, 0.2) is 0 Å². The third-order valence-electron chi connectivity index (χ3n) is 10.6. The minimum absolute atomic E-state index is 0.0555. The van der Waals surface area contributed by atoms with Crippen LogP contribution in [0.5, 0.6) is 0 Å². The van der Waals surface area contributed by atoms with E-state index in [1.165, 1.54) is 4.90 Å². The number of benzene rings is 1. The molecule has 1 aromatic carbocycles. The second kappa shape index (κ2) is 14.3. The fourth-order valence-corrected chi connectivity index (χ4v) is 9.21. The van der Waals surface area contributed by atoms with E-state index in [0.717, 1.165) is 0 Å². The van der Waals surface area contributed by atoms with Gasteiger partial charge in [-0.3, -0.25) is 19.2 Å². The van der Waals surface area contributed by atoms with Crippen molar-refractivity contribution in [3.63, 3.8) is 0 Å². The van der Waals surface area contributed by atoms with Gasteiger partial charge in [0, 0.05) is 23.0 Å². The van der Waals surface area contributed by atoms with Gasteiger partial charge in [-0.05, 0) is 49.7 Å². The monoisotopic (exact) mass is 741 g/mol. The van der Waals surface area contributed by atoms with E-state index in [1.807, 2.05) is 70.2 Å². The number of carbonyl (C=O) groups excluding carboxylic acids is 4. The highest BCUT2D eigenvalue weighted by Crippen LogP contribution is 2.60. The molecule has 268 valence electrons. The predicted octanol–water partition coefficient (Wildman–Crippen LogP) is 5.06. The van der Waals surface area contributed by atoms with Crippen molar-refractivity contribution in [3.8, 4) is 0 Å². The van der Waals surface area contributed by atoms with Gasteiger partial charge in [-0.15, -0.1) is 0 Å². The zero-order chi connectivity index (χ0) is 35.9. The largest absolute Gasteiger partial charge is 0.455 e. The first-order valence-electron chi connectivity index (χ1n) is 17.5. The second-order valence-corrected chi connectivity index (χ2v) is 16.8. The molecule has 4 heterocycles. The SMILES string of the molecule is CC[C@H](C)[C@H](CO)N1C(=O)[C@H]2[C@@H]3C(=O)O[C@H](c4ccccc4)CNC(=O)CC/C=C\CN(C(C)(C)CC(C)(C)C)C(=O)[C@H]1[C@@]21C=C(Br)[C@@H]3O1. The van der Waals surface area contributed by atoms with Gasteiger partial charge in [0.2, 0.25) is 17.7 Å². The Bertz CT molecular complexity index is 1490. The van der Waals surface area contributed by atoms with Crippen LogP contribution >= 0.6 is 15.9 Å². The van der Waals surface area contributed by atoms with Crippen LogP contribution in [0.2, 0.25) is 0 Å². The van der Waals surface area contributed by atoms with Crippen molar-refractivity contribution < 1.29 is 33.8 Å². The number of fused-ring (bicyclic) bond motifs is 2. The van der Waals surface area contributed by atoms with E-state index in [4.69, 9.17) is 9.47 Å². The Morgan fingerprint density at radius 1 is 1.06 bits per heavy atom. The molecule has 5 rings (SSSR count). The number of rotatable bonds is 7. The van der Waals surface area contributed by atoms with Crippen molar-refractivity contribution in [2.75, 3.05) is 19.7 Å². The first-order valence-corrected chi connectivity index (χ1v) is 18.3. The number of esters is 1. The lowest BCUT2D eigenvalue weighted by Gasteiger charge is -2.46. The van der Waals surface area contributed by atoms with Gasteiger partial charge in [-0.1, -0.05) is 99.5 Å². The molecule has 0 radical (unpaired) electrons. The quantitative estimate of drug-likeness (QED) is 0.296. The van der Waals surface area contributed by atoms with Crippen LogP contribution < -0.4 is 5.32 Å². The average Bonchev–Trinajstić information content (AvgIpc) is 3.63. The topological polar surface area (TPSA) is 125 Å². The lowest BCUT2D eigenvalue weighted by Crippen LogP contribution is -2.63. The number of ether oxygens (including phenoxy) is 2. The van der Waals surface area contributed by atoms with E-state index in [-0.39, 0.29) is 49.3 Å². The second-order valence-electron chi connectivity index (χ2n) is 15.9. The molecule has 0 unspecified atom stereocenters. The number of likely N-dealkylation sites (tertiary alicyclic amines) is 1. The van der Waals surface area contributed by atoms with Gasteiger partial charge < -0.3 is 29.7 Å². The van der Waals surface area contributed by atoms with Crippen LogP contribution in [0.1, 0.15) is 85.8 Å². The maximum atomic E-state index is 15.3. The summed E-state index contributed by atoms with van der Waals surface area (Å²) in [6, 6.07) is 7.35. The zero-order valence-electron chi connectivity index (χ0n) is 29.8. The summed E-state index contributed by atoms with van der Waals surface area (Å²) in [4.78, 5) is 60.8. The van der Waals surface area contributed by atoms with E-state index in [2.05, 4.69) is 42.0 Å². The highest BCUT2D eigenvalue weighted by Gasteiger charge is 2.76. The third kappa shape index (κ3) is 7.13. The molecule has 2 fully saturated rings. The third-order valence-corrected chi connectivity index (χ3v) is 11.3. The first kappa shape index (κ1) is 37.2. The average molecular weight is 743 g/mol. The van der Waals surface area contributed by atoms with Crippen LogP contribution in [0.15, 0.2) is 53.0 Å². The van der Waals surface area contributed by atoms with Crippen LogP contribution in [0, 0.1) is 23.2 Å². The van der Waals surface area contributed by atoms with Gasteiger partial charge in [0.05, 0.1) is 25.1 Å². The molecule has 3 amide bonds. The lowest BCUT2D eigenvalue weighted by molar-refractivity contribution is -0.161. The first-order chi connectivity index (χ1) is 23.1. The van der Waals surface area contributed by atoms with Gasteiger partial charge in [-0.25, -0.2) is 0 Å². The molecule has 10 nitrogen and oxygen atoms in total. The molecule has 49 heavy (non-hydrogen) atoms. The lowest BCUT2D eigenvalue weighted by atomic mass is 9.74. The molecule has 2 saturated heterocycles. The number of amides is 3. The fourth-order valence-electron chi connectivity index (χ4n) is 8.47. The molecule has 0 saturated carbocycles. The van der Waals surface area contributed by atoms with E-state index in [9.17, 15) is 19.5 Å². The molecule has 1 aromatic rings. The maximum absolute atomic E-state index is 15.3. The van der Waals surface area contributed by atoms with Crippen molar-refractivity contribution in [1.29, 1.82) is 0 Å². The number of hydrogen-bond donors (Lipinski definition) is 2. The van der Waals surface area contributed by atoms with Crippen LogP contribution in [0.3, 0.4) is 0 Å². The summed E-state index contributed by atoms with van der Waals surface area (Å²) in [7, 11) is 0. The number of nitrogens with one attached hydrogen (secondary N) is 1. The highest BCUT2D eigenvalue weighted by molar-refractivity contribution is 9.11. The molecule has 2 N–H and O–H groups in total. The Morgan fingerprint density at radius 2 is 1.76 bits per heavy atom. The Balaban J connectivity index is 1.67. The van der Waals surface area contributed by atoms with Crippen LogP contribution in [-0.4, -0.2) is 87.6 Å². The summed E-state index contributed by atoms with van der Waals surface area (Å²) < 4.78 is 13.5. The van der Waals surface area contributed by atoms with Crippen molar-refractivity contribution >= 4 is 39.6 Å². The van der Waals surface area contributed by atoms with Crippen molar-refractivity contribution in [2.45, 2.75) is 110 Å². The van der Waals surface area contributed by atoms with E-state index < -0.39 is 59.1 Å². The Hall–Kier alpha value is -3.02. The summed E-state index contributed by atoms with van der Waals surface area (Å²) in [5.41, 5.74) is -1.56.